The molecule has 4 unspecified atom stereocenters. The van der Waals surface area contributed by atoms with E-state index in [0.717, 1.165) is 35.4 Å². The number of morpholine rings is 1. The van der Waals surface area contributed by atoms with Gasteiger partial charge in [0.05, 0.1) is 42.0 Å². The fourth-order valence-corrected chi connectivity index (χ4v) is 4.43. The lowest BCUT2D eigenvalue weighted by Crippen LogP contribution is -2.45. The van der Waals surface area contributed by atoms with Crippen LogP contribution in [0.1, 0.15) is 32.0 Å². The topological polar surface area (TPSA) is 90.0 Å². The molecule has 8 heteroatoms. The molecule has 2 aliphatic rings. The number of nitrogens with two attached hydrogens (primary N) is 1. The van der Waals surface area contributed by atoms with Crippen molar-refractivity contribution < 1.29 is 14.3 Å². The molecule has 0 aliphatic carbocycles. The molecule has 2 N–H and O–H groups in total. The second-order valence-corrected chi connectivity index (χ2v) is 8.23. The minimum absolute atomic E-state index is 0.0210. The summed E-state index contributed by atoms with van der Waals surface area (Å²) >= 11 is 1.61. The van der Waals surface area contributed by atoms with E-state index < -0.39 is 6.04 Å². The summed E-state index contributed by atoms with van der Waals surface area (Å²) in [6.07, 6.45) is 0.644. The van der Waals surface area contributed by atoms with E-state index in [1.807, 2.05) is 18.2 Å². The van der Waals surface area contributed by atoms with Crippen LogP contribution in [0.4, 0.5) is 5.82 Å². The maximum absolute atomic E-state index is 12.1. The highest BCUT2D eigenvalue weighted by atomic mass is 32.2. The number of aliphatic imine (C=N–C) groups is 1. The molecular formula is C19H28N4O3S. The van der Waals surface area contributed by atoms with Gasteiger partial charge in [0.15, 0.2) is 5.78 Å². The maximum Gasteiger partial charge on any atom is 0.158 e. The number of Topliss-reactive ketones (excluding diaryl/α,β-unsaturated/α-hetero) is 1. The number of anilines is 1. The molecule has 1 aromatic rings. The van der Waals surface area contributed by atoms with E-state index in [9.17, 15) is 4.79 Å². The maximum atomic E-state index is 12.1. The van der Waals surface area contributed by atoms with E-state index in [1.165, 1.54) is 0 Å². The normalized spacial score (nSPS) is 26.7. The Morgan fingerprint density at radius 1 is 1.41 bits per heavy atom. The van der Waals surface area contributed by atoms with Crippen molar-refractivity contribution in [2.75, 3.05) is 37.5 Å². The molecule has 0 amide bonds. The summed E-state index contributed by atoms with van der Waals surface area (Å²) in [7, 11) is 1.54. The van der Waals surface area contributed by atoms with Crippen molar-refractivity contribution >= 4 is 28.4 Å². The van der Waals surface area contributed by atoms with Gasteiger partial charge in [-0.05, 0) is 26.0 Å². The molecule has 148 valence electrons. The zero-order valence-electron chi connectivity index (χ0n) is 16.1. The van der Waals surface area contributed by atoms with Gasteiger partial charge in [0.25, 0.3) is 0 Å². The Hall–Kier alpha value is -1.48. The summed E-state index contributed by atoms with van der Waals surface area (Å²) in [5.41, 5.74) is 6.75. The minimum atomic E-state index is -0.593. The van der Waals surface area contributed by atoms with Crippen LogP contribution in [0.2, 0.25) is 0 Å². The molecular weight excluding hydrogens is 364 g/mol. The van der Waals surface area contributed by atoms with Gasteiger partial charge in [-0.1, -0.05) is 6.07 Å². The van der Waals surface area contributed by atoms with Crippen LogP contribution in [0.25, 0.3) is 0 Å². The summed E-state index contributed by atoms with van der Waals surface area (Å²) in [5, 5.41) is 0.831. The average molecular weight is 393 g/mol. The van der Waals surface area contributed by atoms with Gasteiger partial charge in [0.1, 0.15) is 11.9 Å². The summed E-state index contributed by atoms with van der Waals surface area (Å²) in [6, 6.07) is 5.46. The van der Waals surface area contributed by atoms with Gasteiger partial charge in [-0.15, -0.1) is 11.8 Å². The monoisotopic (exact) mass is 392 g/mol. The number of aromatic nitrogens is 1. The number of ether oxygens (including phenoxy) is 2. The molecule has 27 heavy (non-hydrogen) atoms. The number of methoxy groups -OCH3 is 1. The second-order valence-electron chi connectivity index (χ2n) is 7.14. The van der Waals surface area contributed by atoms with E-state index in [2.05, 4.69) is 18.7 Å². The molecule has 1 aromatic heterocycles. The minimum Gasteiger partial charge on any atom is -0.383 e. The standard InChI is InChI=1S/C19H28N4O3S/c1-12-8-23(9-13(2)26-12)18-6-4-5-15(21-18)16-11-27-19(22-16)7-17(24)14(20)10-25-3/h4-6,12-14,16H,7-11,20H2,1-3H3. The number of ketones is 1. The number of hydrogen-bond donors (Lipinski definition) is 1. The lowest BCUT2D eigenvalue weighted by molar-refractivity contribution is -0.120. The van der Waals surface area contributed by atoms with Crippen molar-refractivity contribution in [1.82, 2.24) is 4.98 Å². The highest BCUT2D eigenvalue weighted by Crippen LogP contribution is 2.32. The number of pyridine rings is 1. The Balaban J connectivity index is 1.67. The van der Waals surface area contributed by atoms with Crippen molar-refractivity contribution in [1.29, 1.82) is 0 Å². The van der Waals surface area contributed by atoms with Crippen molar-refractivity contribution in [2.45, 2.75) is 44.6 Å². The summed E-state index contributed by atoms with van der Waals surface area (Å²) < 4.78 is 10.8. The lowest BCUT2D eigenvalue weighted by atomic mass is 10.1. The van der Waals surface area contributed by atoms with Crippen molar-refractivity contribution in [3.8, 4) is 0 Å². The van der Waals surface area contributed by atoms with Crippen LogP contribution in [0.3, 0.4) is 0 Å². The predicted molar refractivity (Wildman–Crippen MR) is 109 cm³/mol. The van der Waals surface area contributed by atoms with Crippen molar-refractivity contribution in [3.05, 3.63) is 23.9 Å². The summed E-state index contributed by atoms with van der Waals surface area (Å²) in [6.45, 7) is 6.07. The predicted octanol–water partition coefficient (Wildman–Crippen LogP) is 1.81. The zero-order valence-corrected chi connectivity index (χ0v) is 16.9. The average Bonchev–Trinajstić information content (AvgIpc) is 3.10. The first-order valence-corrected chi connectivity index (χ1v) is 10.3. The molecule has 0 saturated carbocycles. The van der Waals surface area contributed by atoms with E-state index in [-0.39, 0.29) is 37.1 Å². The lowest BCUT2D eigenvalue weighted by Gasteiger charge is -2.36. The van der Waals surface area contributed by atoms with E-state index in [4.69, 9.17) is 25.2 Å². The van der Waals surface area contributed by atoms with Crippen LogP contribution in [-0.2, 0) is 14.3 Å². The van der Waals surface area contributed by atoms with Gasteiger partial charge in [0, 0.05) is 26.0 Å². The Morgan fingerprint density at radius 3 is 2.85 bits per heavy atom. The zero-order chi connectivity index (χ0) is 19.4. The third kappa shape index (κ3) is 5.28. The first kappa shape index (κ1) is 20.3. The second kappa shape index (κ2) is 9.14. The largest absolute Gasteiger partial charge is 0.383 e. The number of rotatable bonds is 7. The van der Waals surface area contributed by atoms with Crippen LogP contribution >= 0.6 is 11.8 Å². The SMILES string of the molecule is COCC(N)C(=O)CC1=NC(c2cccc(N3CC(C)OC(C)C3)n2)CS1. The molecule has 1 saturated heterocycles. The third-order valence-electron chi connectivity index (χ3n) is 4.63. The molecule has 7 nitrogen and oxygen atoms in total. The molecule has 1 fully saturated rings. The van der Waals surface area contributed by atoms with Crippen LogP contribution < -0.4 is 10.6 Å². The molecule has 3 rings (SSSR count). The smallest absolute Gasteiger partial charge is 0.158 e. The van der Waals surface area contributed by atoms with Crippen LogP contribution in [0.15, 0.2) is 23.2 Å². The first-order valence-electron chi connectivity index (χ1n) is 9.30. The molecule has 2 aliphatic heterocycles. The molecule has 0 radical (unpaired) electrons. The van der Waals surface area contributed by atoms with Crippen molar-refractivity contribution in [2.24, 2.45) is 10.7 Å². The van der Waals surface area contributed by atoms with Crippen LogP contribution in [-0.4, -0.2) is 66.6 Å². The molecule has 0 bridgehead atoms. The number of thioether (sulfide) groups is 1. The Labute approximate surface area is 164 Å². The number of hydrogen-bond acceptors (Lipinski definition) is 8. The van der Waals surface area contributed by atoms with Crippen LogP contribution in [0, 0.1) is 0 Å². The fraction of sp³-hybridized carbons (Fsp3) is 0.632. The van der Waals surface area contributed by atoms with Gasteiger partial charge in [-0.25, -0.2) is 4.98 Å². The first-order chi connectivity index (χ1) is 13.0. The summed E-state index contributed by atoms with van der Waals surface area (Å²) in [5.74, 6) is 1.72. The van der Waals surface area contributed by atoms with Crippen LogP contribution in [0.5, 0.6) is 0 Å². The number of nitrogens with zero attached hydrogens (tertiary/aromatic N) is 3. The highest BCUT2D eigenvalue weighted by molar-refractivity contribution is 8.14. The van der Waals surface area contributed by atoms with Gasteiger partial charge in [-0.3, -0.25) is 9.79 Å². The molecule has 3 heterocycles. The van der Waals surface area contributed by atoms with E-state index >= 15 is 0 Å². The molecule has 0 spiro atoms. The van der Waals surface area contributed by atoms with Crippen molar-refractivity contribution in [3.63, 3.8) is 0 Å². The van der Waals surface area contributed by atoms with E-state index in [0.29, 0.717) is 0 Å². The molecule has 0 aromatic carbocycles. The Morgan fingerprint density at radius 2 is 2.15 bits per heavy atom. The molecule has 4 atom stereocenters. The van der Waals surface area contributed by atoms with E-state index in [1.54, 1.807) is 18.9 Å². The number of carbonyl (C=O) groups excluding carboxylic acids is 1. The van der Waals surface area contributed by atoms with Gasteiger partial charge >= 0.3 is 0 Å². The highest BCUT2D eigenvalue weighted by Gasteiger charge is 2.27. The fourth-order valence-electron chi connectivity index (χ4n) is 3.39. The Bertz CT molecular complexity index is 689. The Kier molecular flexibility index (Phi) is 6.86. The van der Waals surface area contributed by atoms with Gasteiger partial charge in [-0.2, -0.15) is 0 Å². The number of carbonyl (C=O) groups is 1. The third-order valence-corrected chi connectivity index (χ3v) is 5.70. The quantitative estimate of drug-likeness (QED) is 0.757. The van der Waals surface area contributed by atoms with Gasteiger partial charge in [0.2, 0.25) is 0 Å². The van der Waals surface area contributed by atoms with Gasteiger partial charge < -0.3 is 20.1 Å². The summed E-state index contributed by atoms with van der Waals surface area (Å²) in [4.78, 5) is 23.9.